The highest BCUT2D eigenvalue weighted by molar-refractivity contribution is 5.99. The summed E-state index contributed by atoms with van der Waals surface area (Å²) < 4.78 is 9.89. The van der Waals surface area contributed by atoms with Crippen molar-refractivity contribution in [3.8, 4) is 17.2 Å². The molecule has 4 nitrogen and oxygen atoms in total. The first-order valence-corrected chi connectivity index (χ1v) is 4.06. The summed E-state index contributed by atoms with van der Waals surface area (Å²) >= 11 is 0. The zero-order valence-corrected chi connectivity index (χ0v) is 9.55. The Hall–Kier alpha value is -1.42. The Morgan fingerprint density at radius 1 is 1.27 bits per heavy atom. The molecule has 0 bridgehead atoms. The second-order valence-electron chi connectivity index (χ2n) is 2.78. The number of ketones is 1. The second-order valence-corrected chi connectivity index (χ2v) is 2.78. The van der Waals surface area contributed by atoms with Gasteiger partial charge in [0.25, 0.3) is 0 Å². The van der Waals surface area contributed by atoms with Crippen molar-refractivity contribution >= 4 is 18.2 Å². The number of hydrogen-bond acceptors (Lipinski definition) is 4. The van der Waals surface area contributed by atoms with Crippen LogP contribution < -0.4 is 9.47 Å². The van der Waals surface area contributed by atoms with Crippen LogP contribution in [0, 0.1) is 0 Å². The Balaban J connectivity index is 0.00000196. The van der Waals surface area contributed by atoms with E-state index in [4.69, 9.17) is 9.47 Å². The van der Waals surface area contributed by atoms with E-state index in [9.17, 15) is 9.90 Å². The van der Waals surface area contributed by atoms with E-state index >= 15 is 0 Å². The van der Waals surface area contributed by atoms with Gasteiger partial charge in [-0.15, -0.1) is 12.4 Å². The lowest BCUT2D eigenvalue weighted by Crippen LogP contribution is -1.99. The number of phenols is 1. The maximum atomic E-state index is 11.2. The third kappa shape index (κ3) is 2.76. The number of halogens is 1. The van der Waals surface area contributed by atoms with Crippen LogP contribution in [0.1, 0.15) is 17.3 Å². The van der Waals surface area contributed by atoms with Gasteiger partial charge in [0, 0.05) is 12.1 Å². The van der Waals surface area contributed by atoms with Crippen molar-refractivity contribution in [2.75, 3.05) is 14.2 Å². The van der Waals surface area contributed by atoms with Gasteiger partial charge < -0.3 is 14.6 Å². The molecule has 0 fully saturated rings. The third-order valence-corrected chi connectivity index (χ3v) is 1.86. The minimum Gasteiger partial charge on any atom is -0.507 e. The highest BCUT2D eigenvalue weighted by Gasteiger charge is 2.15. The van der Waals surface area contributed by atoms with Gasteiger partial charge in [-0.3, -0.25) is 4.79 Å². The van der Waals surface area contributed by atoms with Crippen LogP contribution >= 0.6 is 12.4 Å². The van der Waals surface area contributed by atoms with Crippen LogP contribution in [0.15, 0.2) is 12.1 Å². The van der Waals surface area contributed by atoms with Gasteiger partial charge in [0.1, 0.15) is 22.8 Å². The number of carbonyl (C=O) groups excluding carboxylic acids is 1. The third-order valence-electron chi connectivity index (χ3n) is 1.86. The molecule has 0 aliphatic carbocycles. The van der Waals surface area contributed by atoms with E-state index < -0.39 is 0 Å². The summed E-state index contributed by atoms with van der Waals surface area (Å²) in [5.41, 5.74) is 0.174. The van der Waals surface area contributed by atoms with E-state index in [1.165, 1.54) is 27.2 Å². The summed E-state index contributed by atoms with van der Waals surface area (Å²) in [6.45, 7) is 1.37. The number of Topliss-reactive ketones (excluding diaryl/α,β-unsaturated/α-hetero) is 1. The molecular weight excluding hydrogens is 220 g/mol. The van der Waals surface area contributed by atoms with Crippen LogP contribution in [0.5, 0.6) is 17.2 Å². The van der Waals surface area contributed by atoms with Gasteiger partial charge in [-0.2, -0.15) is 0 Å². The quantitative estimate of drug-likeness (QED) is 0.811. The van der Waals surface area contributed by atoms with E-state index in [-0.39, 0.29) is 29.5 Å². The van der Waals surface area contributed by atoms with Crippen molar-refractivity contribution in [1.82, 2.24) is 0 Å². The molecule has 0 aliphatic rings. The van der Waals surface area contributed by atoms with Crippen molar-refractivity contribution in [2.45, 2.75) is 6.92 Å². The molecule has 84 valence electrons. The lowest BCUT2D eigenvalue weighted by atomic mass is 10.1. The highest BCUT2D eigenvalue weighted by atomic mass is 35.5. The Morgan fingerprint density at radius 3 is 2.27 bits per heavy atom. The lowest BCUT2D eigenvalue weighted by molar-refractivity contribution is 0.101. The van der Waals surface area contributed by atoms with Crippen LogP contribution in [-0.4, -0.2) is 25.1 Å². The van der Waals surface area contributed by atoms with Gasteiger partial charge in [0.15, 0.2) is 5.78 Å². The zero-order chi connectivity index (χ0) is 10.7. The molecule has 15 heavy (non-hydrogen) atoms. The molecule has 0 aromatic heterocycles. The summed E-state index contributed by atoms with van der Waals surface area (Å²) in [4.78, 5) is 11.2. The number of hydrogen-bond donors (Lipinski definition) is 1. The largest absolute Gasteiger partial charge is 0.507 e. The average Bonchev–Trinajstić information content (AvgIpc) is 2.15. The number of aromatic hydroxyl groups is 1. The first-order chi connectivity index (χ1) is 6.60. The van der Waals surface area contributed by atoms with Crippen molar-refractivity contribution in [3.63, 3.8) is 0 Å². The fourth-order valence-corrected chi connectivity index (χ4v) is 1.21. The van der Waals surface area contributed by atoms with E-state index in [1.807, 2.05) is 0 Å². The van der Waals surface area contributed by atoms with Gasteiger partial charge in [0.05, 0.1) is 14.2 Å². The maximum Gasteiger partial charge on any atom is 0.167 e. The van der Waals surface area contributed by atoms with Gasteiger partial charge in [0.2, 0.25) is 0 Å². The number of carbonyl (C=O) groups is 1. The molecule has 0 aliphatic heterocycles. The topological polar surface area (TPSA) is 55.8 Å². The Morgan fingerprint density at radius 2 is 1.87 bits per heavy atom. The minimum atomic E-state index is -0.248. The van der Waals surface area contributed by atoms with Gasteiger partial charge in [-0.25, -0.2) is 0 Å². The van der Waals surface area contributed by atoms with Gasteiger partial charge in [-0.05, 0) is 6.92 Å². The predicted octanol–water partition coefficient (Wildman–Crippen LogP) is 2.03. The van der Waals surface area contributed by atoms with E-state index in [0.717, 1.165) is 0 Å². The highest BCUT2D eigenvalue weighted by Crippen LogP contribution is 2.33. The molecule has 1 N–H and O–H groups in total. The summed E-state index contributed by atoms with van der Waals surface area (Å²) in [5, 5.41) is 9.52. The molecule has 0 atom stereocenters. The lowest BCUT2D eigenvalue weighted by Gasteiger charge is -2.09. The molecule has 1 rings (SSSR count). The first-order valence-electron chi connectivity index (χ1n) is 4.06. The second kappa shape index (κ2) is 5.46. The minimum absolute atomic E-state index is 0. The summed E-state index contributed by atoms with van der Waals surface area (Å²) in [6, 6.07) is 2.93. The number of benzene rings is 1. The van der Waals surface area contributed by atoms with Crippen LogP contribution in [0.3, 0.4) is 0 Å². The summed E-state index contributed by atoms with van der Waals surface area (Å²) in [7, 11) is 2.91. The van der Waals surface area contributed by atoms with Crippen LogP contribution in [0.2, 0.25) is 0 Å². The van der Waals surface area contributed by atoms with Crippen LogP contribution in [0.4, 0.5) is 0 Å². The van der Waals surface area contributed by atoms with Crippen molar-refractivity contribution < 1.29 is 19.4 Å². The molecule has 0 unspecified atom stereocenters. The molecule has 0 saturated carbocycles. The van der Waals surface area contributed by atoms with Gasteiger partial charge in [-0.1, -0.05) is 0 Å². The molecule has 0 radical (unpaired) electrons. The number of phenolic OH excluding ortho intramolecular Hbond substituents is 1. The van der Waals surface area contributed by atoms with Crippen molar-refractivity contribution in [2.24, 2.45) is 0 Å². The summed E-state index contributed by atoms with van der Waals surface area (Å²) in [5.74, 6) is 0.384. The van der Waals surface area contributed by atoms with Gasteiger partial charge >= 0.3 is 0 Å². The summed E-state index contributed by atoms with van der Waals surface area (Å²) in [6.07, 6.45) is 0. The monoisotopic (exact) mass is 232 g/mol. The standard InChI is InChI=1S/C10H12O4.ClH/c1-6(11)10-8(12)4-7(13-2)5-9(10)14-3;/h4-5,12H,1-3H3;1H. The number of rotatable bonds is 3. The SMILES string of the molecule is COc1cc(O)c(C(C)=O)c(OC)c1.Cl. The maximum absolute atomic E-state index is 11.2. The molecule has 0 heterocycles. The molecule has 0 saturated heterocycles. The van der Waals surface area contributed by atoms with Crippen molar-refractivity contribution in [1.29, 1.82) is 0 Å². The Bertz CT molecular complexity index is 363. The van der Waals surface area contributed by atoms with Crippen LogP contribution in [0.25, 0.3) is 0 Å². The molecule has 5 heteroatoms. The number of ether oxygens (including phenoxy) is 2. The van der Waals surface area contributed by atoms with Crippen LogP contribution in [-0.2, 0) is 0 Å². The fourth-order valence-electron chi connectivity index (χ4n) is 1.21. The predicted molar refractivity (Wildman–Crippen MR) is 58.5 cm³/mol. The Kier molecular flexibility index (Phi) is 4.94. The average molecular weight is 233 g/mol. The molecule has 1 aromatic rings. The van der Waals surface area contributed by atoms with E-state index in [0.29, 0.717) is 11.5 Å². The molecule has 0 spiro atoms. The van der Waals surface area contributed by atoms with E-state index in [2.05, 4.69) is 0 Å². The van der Waals surface area contributed by atoms with Crippen molar-refractivity contribution in [3.05, 3.63) is 17.7 Å². The fraction of sp³-hybridized carbons (Fsp3) is 0.300. The first kappa shape index (κ1) is 13.6. The Labute approximate surface area is 94.2 Å². The normalized spacial score (nSPS) is 9.00. The molecule has 0 amide bonds. The smallest absolute Gasteiger partial charge is 0.167 e. The molecule has 1 aromatic carbocycles. The van der Waals surface area contributed by atoms with E-state index in [1.54, 1.807) is 6.07 Å². The number of methoxy groups -OCH3 is 2. The molecular formula is C10H13ClO4. The zero-order valence-electron chi connectivity index (χ0n) is 8.73.